The fourth-order valence-electron chi connectivity index (χ4n) is 6.05. The van der Waals surface area contributed by atoms with E-state index in [0.717, 1.165) is 55.9 Å². The number of rotatable bonds is 2. The number of benzene rings is 1. The lowest BCUT2D eigenvalue weighted by Gasteiger charge is -2.42. The summed E-state index contributed by atoms with van der Waals surface area (Å²) < 4.78 is 11.7. The summed E-state index contributed by atoms with van der Waals surface area (Å²) in [5, 5.41) is 7.16. The van der Waals surface area contributed by atoms with Gasteiger partial charge in [-0.1, -0.05) is 30.9 Å². The predicted octanol–water partition coefficient (Wildman–Crippen LogP) is 3.84. The molecular weight excluding hydrogens is 472 g/mol. The number of ether oxygens (including phenoxy) is 1. The number of fused-ring (bicyclic) bond motifs is 4. The van der Waals surface area contributed by atoms with Gasteiger partial charge in [-0.2, -0.15) is 0 Å². The summed E-state index contributed by atoms with van der Waals surface area (Å²) in [6.07, 6.45) is 6.04. The molecular formula is C25H29ClN4O5. The number of furan rings is 1. The van der Waals surface area contributed by atoms with Crippen molar-refractivity contribution in [2.24, 2.45) is 0 Å². The fraction of sp³-hybridized carbons (Fsp3) is 0.560. The highest BCUT2D eigenvalue weighted by Gasteiger charge is 2.44. The number of anilines is 1. The first-order chi connectivity index (χ1) is 16.9. The summed E-state index contributed by atoms with van der Waals surface area (Å²) in [6.45, 7) is 2.47. The van der Waals surface area contributed by atoms with E-state index < -0.39 is 5.54 Å². The Labute approximate surface area is 208 Å². The molecule has 186 valence electrons. The zero-order chi connectivity index (χ0) is 24.2. The largest absolute Gasteiger partial charge is 0.450 e. The van der Waals surface area contributed by atoms with Crippen molar-refractivity contribution in [2.75, 3.05) is 38.1 Å². The topological polar surface area (TPSA) is 104 Å². The van der Waals surface area contributed by atoms with E-state index in [9.17, 15) is 14.4 Å². The maximum Gasteiger partial charge on any atom is 0.319 e. The summed E-state index contributed by atoms with van der Waals surface area (Å²) >= 11 is 6.60. The molecule has 1 atom stereocenters. The van der Waals surface area contributed by atoms with E-state index in [-0.39, 0.29) is 29.7 Å². The molecule has 1 saturated carbocycles. The summed E-state index contributed by atoms with van der Waals surface area (Å²) in [5.41, 5.74) is 1.45. The zero-order valence-corrected chi connectivity index (χ0v) is 20.3. The number of nitrogens with zero attached hydrogens (tertiary/aromatic N) is 2. The average molecular weight is 501 g/mol. The Bertz CT molecular complexity index is 1190. The molecule has 6 rings (SSSR count). The van der Waals surface area contributed by atoms with Crippen molar-refractivity contribution in [3.63, 3.8) is 0 Å². The van der Waals surface area contributed by atoms with Gasteiger partial charge in [0, 0.05) is 43.7 Å². The number of hydrogen-bond acceptors (Lipinski definition) is 5. The quantitative estimate of drug-likeness (QED) is 0.652. The molecule has 2 N–H and O–H groups in total. The monoisotopic (exact) mass is 500 g/mol. The van der Waals surface area contributed by atoms with Gasteiger partial charge in [0.2, 0.25) is 0 Å². The predicted molar refractivity (Wildman–Crippen MR) is 130 cm³/mol. The van der Waals surface area contributed by atoms with E-state index in [2.05, 4.69) is 10.6 Å². The highest BCUT2D eigenvalue weighted by molar-refractivity contribution is 6.35. The molecule has 1 spiro atoms. The molecule has 3 fully saturated rings. The van der Waals surface area contributed by atoms with Gasteiger partial charge >= 0.3 is 6.03 Å². The van der Waals surface area contributed by atoms with Gasteiger partial charge in [0.25, 0.3) is 11.8 Å². The van der Waals surface area contributed by atoms with Gasteiger partial charge in [-0.15, -0.1) is 0 Å². The van der Waals surface area contributed by atoms with Crippen LogP contribution in [0.3, 0.4) is 0 Å². The Morgan fingerprint density at radius 2 is 1.77 bits per heavy atom. The van der Waals surface area contributed by atoms with Crippen LogP contribution in [0.1, 0.15) is 61.1 Å². The second-order valence-corrected chi connectivity index (χ2v) is 10.4. The maximum absolute atomic E-state index is 13.4. The van der Waals surface area contributed by atoms with E-state index in [1.54, 1.807) is 21.9 Å². The first-order valence-electron chi connectivity index (χ1n) is 12.5. The standard InChI is InChI=1S/C25H29ClN4O5/c26-16-13-15-14-18(23(32)30-10-8-29(9-11-30)22(31)17-5-4-12-34-17)35-21(15)19-20(16)27-24(33)28-25(19)6-2-1-3-7-25/h13-14,17H,1-12H2,(H2,27,28,33). The van der Waals surface area contributed by atoms with Crippen LogP contribution in [0.2, 0.25) is 5.02 Å². The zero-order valence-electron chi connectivity index (χ0n) is 19.5. The van der Waals surface area contributed by atoms with Crippen LogP contribution in [-0.2, 0) is 15.1 Å². The van der Waals surface area contributed by atoms with Crippen molar-refractivity contribution < 1.29 is 23.5 Å². The summed E-state index contributed by atoms with van der Waals surface area (Å²) in [6, 6.07) is 3.22. The fourth-order valence-corrected chi connectivity index (χ4v) is 6.31. The third kappa shape index (κ3) is 3.85. The minimum Gasteiger partial charge on any atom is -0.450 e. The van der Waals surface area contributed by atoms with Gasteiger partial charge in [-0.05, 0) is 37.8 Å². The number of carbonyl (C=O) groups is 3. The van der Waals surface area contributed by atoms with Crippen LogP contribution in [0, 0.1) is 0 Å². The molecule has 4 heterocycles. The first kappa shape index (κ1) is 22.7. The Balaban J connectivity index is 1.27. The molecule has 4 aliphatic rings. The lowest BCUT2D eigenvalue weighted by atomic mass is 9.74. The van der Waals surface area contributed by atoms with Crippen molar-refractivity contribution in [2.45, 2.75) is 56.6 Å². The molecule has 4 amide bonds. The normalized spacial score (nSPS) is 23.8. The molecule has 2 saturated heterocycles. The van der Waals surface area contributed by atoms with Crippen LogP contribution < -0.4 is 10.6 Å². The third-order valence-electron chi connectivity index (χ3n) is 7.83. The van der Waals surface area contributed by atoms with Gasteiger partial charge in [-0.3, -0.25) is 9.59 Å². The maximum atomic E-state index is 13.4. The van der Waals surface area contributed by atoms with E-state index in [4.69, 9.17) is 20.8 Å². The third-order valence-corrected chi connectivity index (χ3v) is 8.13. The molecule has 9 nitrogen and oxygen atoms in total. The Morgan fingerprint density at radius 3 is 2.49 bits per heavy atom. The molecule has 10 heteroatoms. The SMILES string of the molecule is O=C1Nc2c(Cl)cc3cc(C(=O)N4CCN(C(=O)C5CCCO5)CC4)oc3c2C2(CCCCC2)N1. The van der Waals surface area contributed by atoms with Crippen LogP contribution in [0.4, 0.5) is 10.5 Å². The molecule has 0 radical (unpaired) electrons. The van der Waals surface area contributed by atoms with E-state index in [1.807, 2.05) is 0 Å². The number of carbonyl (C=O) groups excluding carboxylic acids is 3. The Morgan fingerprint density at radius 1 is 1.03 bits per heavy atom. The molecule has 0 bridgehead atoms. The minimum atomic E-state index is -0.550. The van der Waals surface area contributed by atoms with Crippen LogP contribution >= 0.6 is 11.6 Å². The van der Waals surface area contributed by atoms with Crippen molar-refractivity contribution in [1.82, 2.24) is 15.1 Å². The molecule has 1 aromatic heterocycles. The van der Waals surface area contributed by atoms with Gasteiger partial charge in [-0.25, -0.2) is 4.79 Å². The van der Waals surface area contributed by atoms with E-state index in [1.165, 1.54) is 0 Å². The molecule has 3 aliphatic heterocycles. The number of piperazine rings is 1. The molecule has 1 unspecified atom stereocenters. The van der Waals surface area contributed by atoms with E-state index in [0.29, 0.717) is 49.1 Å². The van der Waals surface area contributed by atoms with Gasteiger partial charge in [0.15, 0.2) is 5.76 Å². The Hall–Kier alpha value is -2.78. The van der Waals surface area contributed by atoms with Crippen molar-refractivity contribution in [3.8, 4) is 0 Å². The summed E-state index contributed by atoms with van der Waals surface area (Å²) in [4.78, 5) is 42.0. The van der Waals surface area contributed by atoms with Crippen molar-refractivity contribution in [3.05, 3.63) is 28.5 Å². The van der Waals surface area contributed by atoms with Gasteiger partial charge in [0.05, 0.1) is 16.2 Å². The minimum absolute atomic E-state index is 0.0203. The summed E-state index contributed by atoms with van der Waals surface area (Å²) in [7, 11) is 0. The lowest BCUT2D eigenvalue weighted by molar-refractivity contribution is -0.142. The smallest absolute Gasteiger partial charge is 0.319 e. The second-order valence-electron chi connectivity index (χ2n) is 9.98. The van der Waals surface area contributed by atoms with Crippen LogP contribution in [0.5, 0.6) is 0 Å². The summed E-state index contributed by atoms with van der Waals surface area (Å²) in [5.74, 6) is 0.0546. The number of hydrogen-bond donors (Lipinski definition) is 2. The van der Waals surface area contributed by atoms with Gasteiger partial charge < -0.3 is 29.6 Å². The first-order valence-corrected chi connectivity index (χ1v) is 12.9. The molecule has 1 aliphatic carbocycles. The van der Waals surface area contributed by atoms with Crippen LogP contribution in [-0.4, -0.2) is 66.5 Å². The molecule has 35 heavy (non-hydrogen) atoms. The van der Waals surface area contributed by atoms with Crippen LogP contribution in [0.15, 0.2) is 16.5 Å². The second kappa shape index (κ2) is 8.71. The van der Waals surface area contributed by atoms with Crippen molar-refractivity contribution in [1.29, 1.82) is 0 Å². The van der Waals surface area contributed by atoms with Gasteiger partial charge in [0.1, 0.15) is 11.7 Å². The van der Waals surface area contributed by atoms with E-state index >= 15 is 0 Å². The molecule has 2 aromatic rings. The number of nitrogens with one attached hydrogen (secondary N) is 2. The number of urea groups is 1. The van der Waals surface area contributed by atoms with Crippen molar-refractivity contribution >= 4 is 46.1 Å². The highest BCUT2D eigenvalue weighted by atomic mass is 35.5. The number of halogens is 1. The molecule has 1 aromatic carbocycles. The average Bonchev–Trinajstić information content (AvgIpc) is 3.54. The highest BCUT2D eigenvalue weighted by Crippen LogP contribution is 2.49. The van der Waals surface area contributed by atoms with Crippen LogP contribution in [0.25, 0.3) is 11.0 Å². The number of amides is 4. The Kier molecular flexibility index (Phi) is 5.64. The lowest BCUT2D eigenvalue weighted by Crippen LogP contribution is -2.53.